The molecule has 0 radical (unpaired) electrons. The van der Waals surface area contributed by atoms with Gasteiger partial charge in [0.2, 0.25) is 5.69 Å². The number of carboxylic acid groups (broad SMARTS) is 1. The zero-order valence-corrected chi connectivity index (χ0v) is 11.4. The quantitative estimate of drug-likeness (QED) is 0.822. The fraction of sp³-hybridized carbons (Fsp3) is 0.667. The first-order chi connectivity index (χ1) is 9.45. The number of aromatic nitrogens is 3. The van der Waals surface area contributed by atoms with E-state index in [0.29, 0.717) is 12.8 Å². The van der Waals surface area contributed by atoms with E-state index in [9.17, 15) is 14.4 Å². The molecule has 2 rings (SSSR count). The van der Waals surface area contributed by atoms with E-state index in [-0.39, 0.29) is 12.1 Å². The van der Waals surface area contributed by atoms with Crippen molar-refractivity contribution in [3.63, 3.8) is 0 Å². The summed E-state index contributed by atoms with van der Waals surface area (Å²) in [7, 11) is 2.97. The molecule has 1 heterocycles. The van der Waals surface area contributed by atoms with E-state index < -0.39 is 22.9 Å². The Labute approximate surface area is 114 Å². The highest BCUT2D eigenvalue weighted by Crippen LogP contribution is 2.27. The lowest BCUT2D eigenvalue weighted by atomic mass is 9.93. The van der Waals surface area contributed by atoms with Crippen LogP contribution in [0.25, 0.3) is 0 Å². The largest absolute Gasteiger partial charge is 0.476 e. The SMILES string of the molecule is COC1CCC(n2c(=O)c(C(=O)O)nn(C)c2=O)CC1. The summed E-state index contributed by atoms with van der Waals surface area (Å²) in [5.74, 6) is -1.43. The normalized spacial score (nSPS) is 22.7. The molecule has 1 aliphatic rings. The number of hydrogen-bond acceptors (Lipinski definition) is 5. The third-order valence-corrected chi connectivity index (χ3v) is 3.70. The van der Waals surface area contributed by atoms with E-state index in [4.69, 9.17) is 9.84 Å². The number of hydrogen-bond donors (Lipinski definition) is 1. The molecule has 1 N–H and O–H groups in total. The molecule has 0 spiro atoms. The smallest absolute Gasteiger partial charge is 0.362 e. The Hall–Kier alpha value is -1.96. The van der Waals surface area contributed by atoms with Crippen LogP contribution in [0.15, 0.2) is 9.59 Å². The minimum atomic E-state index is -1.43. The molecule has 1 saturated carbocycles. The number of methoxy groups -OCH3 is 1. The molecule has 0 bridgehead atoms. The summed E-state index contributed by atoms with van der Waals surface area (Å²) >= 11 is 0. The first kappa shape index (κ1) is 14.4. The summed E-state index contributed by atoms with van der Waals surface area (Å²) < 4.78 is 7.16. The minimum absolute atomic E-state index is 0.131. The van der Waals surface area contributed by atoms with Crippen LogP contribution in [0.2, 0.25) is 0 Å². The maximum Gasteiger partial charge on any atom is 0.362 e. The van der Waals surface area contributed by atoms with Gasteiger partial charge < -0.3 is 9.84 Å². The standard InChI is InChI=1S/C12H17N3O5/c1-14-12(19)15(10(16)9(13-14)11(17)18)7-3-5-8(20-2)6-4-7/h7-8H,3-6H2,1-2H3,(H,17,18). The maximum atomic E-state index is 12.1. The van der Waals surface area contributed by atoms with Gasteiger partial charge in [-0.15, -0.1) is 0 Å². The summed E-state index contributed by atoms with van der Waals surface area (Å²) in [6, 6.07) is -0.298. The molecule has 8 nitrogen and oxygen atoms in total. The molecule has 1 aromatic rings. The van der Waals surface area contributed by atoms with Gasteiger partial charge >= 0.3 is 11.7 Å². The predicted molar refractivity (Wildman–Crippen MR) is 69.0 cm³/mol. The van der Waals surface area contributed by atoms with Crippen molar-refractivity contribution in [1.82, 2.24) is 14.3 Å². The molecule has 110 valence electrons. The molecule has 1 fully saturated rings. The summed E-state index contributed by atoms with van der Waals surface area (Å²) in [5.41, 5.74) is -2.04. The maximum absolute atomic E-state index is 12.1. The van der Waals surface area contributed by atoms with Crippen molar-refractivity contribution in [3.8, 4) is 0 Å². The van der Waals surface area contributed by atoms with Gasteiger partial charge in [0.1, 0.15) is 0 Å². The molecule has 0 aliphatic heterocycles. The predicted octanol–water partition coefficient (Wildman–Crippen LogP) is -0.230. The molecule has 0 aromatic carbocycles. The Morgan fingerprint density at radius 3 is 2.40 bits per heavy atom. The number of aryl methyl sites for hydroxylation is 1. The van der Waals surface area contributed by atoms with Gasteiger partial charge in [-0.3, -0.25) is 9.36 Å². The third-order valence-electron chi connectivity index (χ3n) is 3.70. The fourth-order valence-electron chi connectivity index (χ4n) is 2.59. The van der Waals surface area contributed by atoms with Crippen molar-refractivity contribution in [3.05, 3.63) is 26.5 Å². The van der Waals surface area contributed by atoms with Crippen molar-refractivity contribution in [2.75, 3.05) is 7.11 Å². The number of carbonyl (C=O) groups is 1. The Morgan fingerprint density at radius 2 is 1.90 bits per heavy atom. The van der Waals surface area contributed by atoms with Gasteiger partial charge in [0.05, 0.1) is 6.10 Å². The van der Waals surface area contributed by atoms with E-state index in [2.05, 4.69) is 5.10 Å². The lowest BCUT2D eigenvalue weighted by molar-refractivity contribution is 0.0564. The monoisotopic (exact) mass is 283 g/mol. The second kappa shape index (κ2) is 5.58. The zero-order valence-electron chi connectivity index (χ0n) is 11.4. The summed E-state index contributed by atoms with van der Waals surface area (Å²) in [5, 5.41) is 12.5. The van der Waals surface area contributed by atoms with E-state index in [1.165, 1.54) is 7.05 Å². The molecule has 0 atom stereocenters. The van der Waals surface area contributed by atoms with Gasteiger partial charge in [0.15, 0.2) is 0 Å². The Bertz CT molecular complexity index is 625. The molecule has 8 heteroatoms. The second-order valence-electron chi connectivity index (χ2n) is 4.90. The van der Waals surface area contributed by atoms with Crippen LogP contribution < -0.4 is 11.2 Å². The highest BCUT2D eigenvalue weighted by molar-refractivity contribution is 5.84. The number of carboxylic acids is 1. The summed E-state index contributed by atoms with van der Waals surface area (Å²) in [4.78, 5) is 35.2. The molecule has 20 heavy (non-hydrogen) atoms. The van der Waals surface area contributed by atoms with Crippen molar-refractivity contribution in [2.24, 2.45) is 7.05 Å². The van der Waals surface area contributed by atoms with Gasteiger partial charge in [0.25, 0.3) is 5.56 Å². The fourth-order valence-corrected chi connectivity index (χ4v) is 2.59. The van der Waals surface area contributed by atoms with E-state index in [1.807, 2.05) is 0 Å². The van der Waals surface area contributed by atoms with Crippen LogP contribution in [0.3, 0.4) is 0 Å². The number of nitrogens with zero attached hydrogens (tertiary/aromatic N) is 3. The minimum Gasteiger partial charge on any atom is -0.476 e. The van der Waals surface area contributed by atoms with Crippen molar-refractivity contribution < 1.29 is 14.6 Å². The molecular weight excluding hydrogens is 266 g/mol. The molecule has 1 aromatic heterocycles. The van der Waals surface area contributed by atoms with E-state index in [0.717, 1.165) is 22.1 Å². The van der Waals surface area contributed by atoms with Crippen LogP contribution >= 0.6 is 0 Å². The van der Waals surface area contributed by atoms with Crippen LogP contribution in [0.4, 0.5) is 0 Å². The Morgan fingerprint density at radius 1 is 1.30 bits per heavy atom. The van der Waals surface area contributed by atoms with Crippen LogP contribution in [0, 0.1) is 0 Å². The molecular formula is C12H17N3O5. The number of rotatable bonds is 3. The first-order valence-corrected chi connectivity index (χ1v) is 6.41. The second-order valence-corrected chi connectivity index (χ2v) is 4.90. The topological polar surface area (TPSA) is 103 Å². The Balaban J connectivity index is 2.44. The highest BCUT2D eigenvalue weighted by Gasteiger charge is 2.27. The van der Waals surface area contributed by atoms with Crippen LogP contribution in [0.1, 0.15) is 42.2 Å². The highest BCUT2D eigenvalue weighted by atomic mass is 16.5. The number of ether oxygens (including phenoxy) is 1. The van der Waals surface area contributed by atoms with Crippen molar-refractivity contribution in [1.29, 1.82) is 0 Å². The molecule has 1 aliphatic carbocycles. The number of aromatic carboxylic acids is 1. The third kappa shape index (κ3) is 2.51. The van der Waals surface area contributed by atoms with Gasteiger partial charge in [0, 0.05) is 20.2 Å². The van der Waals surface area contributed by atoms with E-state index in [1.54, 1.807) is 7.11 Å². The van der Waals surface area contributed by atoms with Crippen LogP contribution in [0.5, 0.6) is 0 Å². The molecule has 0 amide bonds. The van der Waals surface area contributed by atoms with Crippen LogP contribution in [-0.4, -0.2) is 38.6 Å². The van der Waals surface area contributed by atoms with Gasteiger partial charge in [-0.1, -0.05) is 0 Å². The van der Waals surface area contributed by atoms with Gasteiger partial charge in [-0.05, 0) is 25.7 Å². The van der Waals surface area contributed by atoms with Crippen LogP contribution in [-0.2, 0) is 11.8 Å². The Kier molecular flexibility index (Phi) is 4.03. The first-order valence-electron chi connectivity index (χ1n) is 6.41. The van der Waals surface area contributed by atoms with Gasteiger partial charge in [-0.2, -0.15) is 5.10 Å². The molecule has 0 saturated heterocycles. The van der Waals surface area contributed by atoms with Gasteiger partial charge in [-0.25, -0.2) is 14.3 Å². The molecule has 0 unspecified atom stereocenters. The summed E-state index contributed by atoms with van der Waals surface area (Å²) in [6.07, 6.45) is 2.82. The summed E-state index contributed by atoms with van der Waals surface area (Å²) in [6.45, 7) is 0. The average molecular weight is 283 g/mol. The average Bonchev–Trinajstić information content (AvgIpc) is 2.43. The van der Waals surface area contributed by atoms with Crippen molar-refractivity contribution in [2.45, 2.75) is 37.8 Å². The van der Waals surface area contributed by atoms with Crippen molar-refractivity contribution >= 4 is 5.97 Å². The van der Waals surface area contributed by atoms with E-state index >= 15 is 0 Å². The zero-order chi connectivity index (χ0) is 14.9. The lowest BCUT2D eigenvalue weighted by Crippen LogP contribution is -2.46. The lowest BCUT2D eigenvalue weighted by Gasteiger charge is -2.28.